The smallest absolute Gasteiger partial charge is 0.252 e. The summed E-state index contributed by atoms with van der Waals surface area (Å²) in [4.78, 5) is 4.43. The van der Waals surface area contributed by atoms with Crippen LogP contribution >= 0.6 is 0 Å². The first-order chi connectivity index (χ1) is 50.4. The first kappa shape index (κ1) is 36.7. The van der Waals surface area contributed by atoms with Crippen molar-refractivity contribution in [1.82, 2.24) is 9.13 Å². The Morgan fingerprint density at radius 2 is 0.742 bits per heavy atom. The molecule has 0 spiro atoms. The van der Waals surface area contributed by atoms with Crippen LogP contribution in [0, 0.1) is 0 Å². The van der Waals surface area contributed by atoms with Crippen LogP contribution in [0.15, 0.2) is 288 Å². The summed E-state index contributed by atoms with van der Waals surface area (Å²) in [5.41, 5.74) is 13.2. The van der Waals surface area contributed by atoms with Gasteiger partial charge in [-0.2, -0.15) is 0 Å². The number of para-hydroxylation sites is 4. The Labute approximate surface area is 536 Å². The molecule has 0 fully saturated rings. The van der Waals surface area contributed by atoms with Gasteiger partial charge in [-0.25, -0.2) is 0 Å². The standard InChI is InChI=1S/C82H55BN4O2/c1-82(2,3)54-46-73-81-74(47-54)87(70-33-19-35-78-80(70)62-45-53(37-43-76(62)89-78)51-22-8-5-9-23-51)72-49-56(85-67-30-16-12-26-59(67)60-27-13-17-31-68(60)85)39-41-64(72)83(81)63-40-38-55(84-65-28-14-10-24-57(65)58-25-11-15-29-66(58)84)48-71(63)86(73)69-32-18-34-77-79(69)61-44-52(36-42-75(61)88-77)50-20-6-4-7-21-50/h4-49H,1-3H3/i10D,11D,12D,13D,14D,15D,16D,17D,24D,25D,26D,27D,28D,29D,30D,31D. The van der Waals surface area contributed by atoms with E-state index in [1.165, 1.54) is 9.13 Å². The van der Waals surface area contributed by atoms with Gasteiger partial charge in [0, 0.05) is 66.4 Å². The molecule has 2 aliphatic rings. The Bertz CT molecular complexity index is 6270. The lowest BCUT2D eigenvalue weighted by Crippen LogP contribution is -2.61. The minimum absolute atomic E-state index is 0.0535. The number of anilines is 6. The first-order valence-electron chi connectivity index (χ1n) is 37.5. The number of hydrogen-bond acceptors (Lipinski definition) is 4. The summed E-state index contributed by atoms with van der Waals surface area (Å²) in [5.74, 6) is 0. The van der Waals surface area contributed by atoms with Crippen molar-refractivity contribution < 1.29 is 30.8 Å². The molecule has 0 radical (unpaired) electrons. The van der Waals surface area contributed by atoms with Crippen LogP contribution in [0.25, 0.3) is 121 Å². The summed E-state index contributed by atoms with van der Waals surface area (Å²) in [5, 5.41) is 2.85. The van der Waals surface area contributed by atoms with Crippen LogP contribution in [0.3, 0.4) is 0 Å². The highest BCUT2D eigenvalue weighted by atomic mass is 16.3. The molecule has 0 atom stereocenters. The van der Waals surface area contributed by atoms with Gasteiger partial charge in [0.25, 0.3) is 6.71 Å². The lowest BCUT2D eigenvalue weighted by molar-refractivity contribution is 0.590. The predicted octanol–water partition coefficient (Wildman–Crippen LogP) is 20.4. The molecule has 89 heavy (non-hydrogen) atoms. The van der Waals surface area contributed by atoms with E-state index in [4.69, 9.17) is 19.8 Å². The SMILES string of the molecule is [2H]c1c([2H])c([2H])c2c(c1[2H])c1c([2H])c([2H])c([2H])c([2H])c1n2-c1ccc2c(c1)N(c1cccc3oc4ccc(-c5ccccc5)cc4c13)c1cc(C(C)(C)C)cc3c1B2c1ccc(-n2c4c([2H])c([2H])c([2H])c([2H])c4c4c([2H])c([2H])c([2H])c([2H])c42)cc1N3c1cccc2oc3ccc(-c4ccccc4)cc3c12. The summed E-state index contributed by atoms with van der Waals surface area (Å²) in [6.45, 7) is 5.69. The molecule has 17 aromatic rings. The minimum Gasteiger partial charge on any atom is -0.456 e. The van der Waals surface area contributed by atoms with Crippen molar-refractivity contribution in [2.75, 3.05) is 9.80 Å². The topological polar surface area (TPSA) is 42.6 Å². The molecule has 0 unspecified atom stereocenters. The fourth-order valence-electron chi connectivity index (χ4n) is 14.2. The maximum absolute atomic E-state index is 9.67. The zero-order valence-corrected chi connectivity index (χ0v) is 48.0. The van der Waals surface area contributed by atoms with E-state index < -0.39 is 109 Å². The monoisotopic (exact) mass is 1150 g/mol. The van der Waals surface area contributed by atoms with Gasteiger partial charge in [-0.05, 0) is 159 Å². The van der Waals surface area contributed by atoms with Gasteiger partial charge in [-0.15, -0.1) is 0 Å². The van der Waals surface area contributed by atoms with Crippen LogP contribution in [-0.2, 0) is 5.41 Å². The van der Waals surface area contributed by atoms with Gasteiger partial charge < -0.3 is 27.8 Å². The molecule has 0 bridgehead atoms. The number of furan rings is 2. The largest absolute Gasteiger partial charge is 0.456 e. The second kappa shape index (κ2) is 18.6. The van der Waals surface area contributed by atoms with Gasteiger partial charge >= 0.3 is 0 Å². The maximum atomic E-state index is 9.67. The van der Waals surface area contributed by atoms with Gasteiger partial charge in [0.1, 0.15) is 22.3 Å². The Morgan fingerprint density at radius 1 is 0.337 bits per heavy atom. The van der Waals surface area contributed by atoms with E-state index in [1.54, 1.807) is 0 Å². The lowest BCUT2D eigenvalue weighted by atomic mass is 9.33. The third-order valence-electron chi connectivity index (χ3n) is 18.1. The molecule has 7 heteroatoms. The number of rotatable bonds is 6. The van der Waals surface area contributed by atoms with Crippen molar-refractivity contribution >= 4 is 145 Å². The quantitative estimate of drug-likeness (QED) is 0.156. The highest BCUT2D eigenvalue weighted by Gasteiger charge is 2.45. The highest BCUT2D eigenvalue weighted by Crippen LogP contribution is 2.52. The molecule has 2 aliphatic heterocycles. The molecule has 0 amide bonds. The molecule has 0 N–H and O–H groups in total. The fraction of sp³-hybridized carbons (Fsp3) is 0.0488. The fourth-order valence-corrected chi connectivity index (χ4v) is 14.2. The molecule has 0 saturated carbocycles. The zero-order valence-electron chi connectivity index (χ0n) is 64.0. The van der Waals surface area contributed by atoms with Gasteiger partial charge in [-0.3, -0.25) is 0 Å². The number of hydrogen-bond donors (Lipinski definition) is 0. The lowest BCUT2D eigenvalue weighted by Gasteiger charge is -2.45. The molecule has 6 nitrogen and oxygen atoms in total. The van der Waals surface area contributed by atoms with Crippen molar-refractivity contribution in [3.05, 3.63) is 284 Å². The van der Waals surface area contributed by atoms with E-state index in [1.807, 2.05) is 133 Å². The van der Waals surface area contributed by atoms with E-state index in [9.17, 15) is 11.0 Å². The third kappa shape index (κ3) is 7.27. The van der Waals surface area contributed by atoms with Crippen LogP contribution in [0.4, 0.5) is 34.1 Å². The summed E-state index contributed by atoms with van der Waals surface area (Å²) in [7, 11) is 0. The number of nitrogens with zero attached hydrogens (tertiary/aromatic N) is 4. The third-order valence-corrected chi connectivity index (χ3v) is 18.1. The summed E-state index contributed by atoms with van der Waals surface area (Å²) in [6.07, 6.45) is 0. The molecule has 0 aliphatic carbocycles. The Hall–Kier alpha value is -11.3. The van der Waals surface area contributed by atoms with E-state index >= 15 is 0 Å². The molecule has 19 rings (SSSR count). The number of fused-ring (bicyclic) bond motifs is 16. The van der Waals surface area contributed by atoms with Gasteiger partial charge in [0.05, 0.1) is 66.1 Å². The average molecular weight is 1160 g/mol. The van der Waals surface area contributed by atoms with Gasteiger partial charge in [0.15, 0.2) is 0 Å². The summed E-state index contributed by atoms with van der Waals surface area (Å²) < 4.78 is 165. The first-order valence-corrected chi connectivity index (χ1v) is 29.5. The molecule has 4 aromatic heterocycles. The Morgan fingerprint density at radius 3 is 1.15 bits per heavy atom. The predicted molar refractivity (Wildman–Crippen MR) is 373 cm³/mol. The highest BCUT2D eigenvalue weighted by molar-refractivity contribution is 7.00. The molecule has 13 aromatic carbocycles. The van der Waals surface area contributed by atoms with Crippen LogP contribution in [0.2, 0.25) is 0 Å². The molecule has 418 valence electrons. The number of benzene rings is 13. The van der Waals surface area contributed by atoms with Crippen LogP contribution in [0.1, 0.15) is 48.3 Å². The Kier molecular flexibility index (Phi) is 7.67. The van der Waals surface area contributed by atoms with Crippen molar-refractivity contribution in [1.29, 1.82) is 0 Å². The van der Waals surface area contributed by atoms with Crippen LogP contribution < -0.4 is 26.2 Å². The van der Waals surface area contributed by atoms with Crippen LogP contribution in [-0.4, -0.2) is 15.8 Å². The Balaban J connectivity index is 0.984. The molecular weight excluding hydrogens is 1080 g/mol. The van der Waals surface area contributed by atoms with Crippen LogP contribution in [0.5, 0.6) is 0 Å². The van der Waals surface area contributed by atoms with Crippen molar-refractivity contribution in [3.63, 3.8) is 0 Å². The number of aromatic nitrogens is 2. The van der Waals surface area contributed by atoms with E-state index in [0.29, 0.717) is 56.5 Å². The second-order valence-electron chi connectivity index (χ2n) is 24.0. The van der Waals surface area contributed by atoms with E-state index in [-0.39, 0.29) is 43.6 Å². The van der Waals surface area contributed by atoms with Crippen molar-refractivity contribution in [3.8, 4) is 33.6 Å². The van der Waals surface area contributed by atoms with E-state index in [0.717, 1.165) is 77.1 Å². The molecule has 0 saturated heterocycles. The normalized spacial score (nSPS) is 15.6. The van der Waals surface area contributed by atoms with E-state index in [2.05, 4.69) is 79.1 Å². The van der Waals surface area contributed by atoms with Gasteiger partial charge in [0.2, 0.25) is 0 Å². The molecule has 6 heterocycles. The maximum Gasteiger partial charge on any atom is 0.252 e. The molecular formula is C82H55BN4O2. The zero-order chi connectivity index (χ0) is 72.7. The van der Waals surface area contributed by atoms with Crippen molar-refractivity contribution in [2.24, 2.45) is 0 Å². The average Bonchev–Trinajstić information content (AvgIpc) is 1.62. The minimum atomic E-state index is -0.722. The summed E-state index contributed by atoms with van der Waals surface area (Å²) >= 11 is 0. The van der Waals surface area contributed by atoms with Gasteiger partial charge in [-0.1, -0.05) is 190 Å². The summed E-state index contributed by atoms with van der Waals surface area (Å²) in [6, 6.07) is 51.9. The second-order valence-corrected chi connectivity index (χ2v) is 24.0. The van der Waals surface area contributed by atoms with Crippen molar-refractivity contribution in [2.45, 2.75) is 26.2 Å².